The van der Waals surface area contributed by atoms with Crippen LogP contribution in [-0.2, 0) is 19.1 Å². The van der Waals surface area contributed by atoms with Crippen LogP contribution < -0.4 is 15.0 Å². The van der Waals surface area contributed by atoms with E-state index < -0.39 is 18.5 Å². The van der Waals surface area contributed by atoms with E-state index in [1.165, 1.54) is 17.0 Å². The van der Waals surface area contributed by atoms with Gasteiger partial charge in [-0.25, -0.2) is 4.79 Å². The molecule has 2 aliphatic rings. The van der Waals surface area contributed by atoms with Crippen LogP contribution >= 0.6 is 0 Å². The Hall–Kier alpha value is -3.68. The number of carbonyl (C=O) groups excluding carboxylic acids is 4. The van der Waals surface area contributed by atoms with Crippen LogP contribution in [-0.4, -0.2) is 36.9 Å². The third-order valence-corrected chi connectivity index (χ3v) is 5.98. The summed E-state index contributed by atoms with van der Waals surface area (Å²) in [5, 5.41) is 2.66. The molecule has 33 heavy (non-hydrogen) atoms. The van der Waals surface area contributed by atoms with Crippen molar-refractivity contribution in [1.82, 2.24) is 0 Å². The standard InChI is InChI=1S/C25H26N2O6/c1-2-32-21-13-6-5-12-20(21)26-22(28)15-33-25(31)16-8-7-9-17(14-16)27-23(29)18-10-3-4-11-19(18)24(27)30/h5-9,12-14,18-19H,2-4,10-11,15H2,1H3,(H,26,28)/t18-,19-/m0/s1. The molecule has 1 heterocycles. The highest BCUT2D eigenvalue weighted by Crippen LogP contribution is 2.40. The third kappa shape index (κ3) is 4.74. The van der Waals surface area contributed by atoms with E-state index in [-0.39, 0.29) is 29.2 Å². The molecule has 0 unspecified atom stereocenters. The fourth-order valence-corrected chi connectivity index (χ4v) is 4.44. The van der Waals surface area contributed by atoms with Gasteiger partial charge >= 0.3 is 5.97 Å². The van der Waals surface area contributed by atoms with Gasteiger partial charge in [0.1, 0.15) is 5.75 Å². The molecule has 0 aromatic heterocycles. The minimum absolute atomic E-state index is 0.158. The lowest BCUT2D eigenvalue weighted by Crippen LogP contribution is -2.31. The second-order valence-corrected chi connectivity index (χ2v) is 8.11. The molecule has 3 amide bonds. The van der Waals surface area contributed by atoms with Gasteiger partial charge < -0.3 is 14.8 Å². The topological polar surface area (TPSA) is 102 Å². The lowest BCUT2D eigenvalue weighted by atomic mass is 9.81. The van der Waals surface area contributed by atoms with Crippen LogP contribution in [0.15, 0.2) is 48.5 Å². The minimum atomic E-state index is -0.721. The molecule has 1 aliphatic heterocycles. The summed E-state index contributed by atoms with van der Waals surface area (Å²) in [6.07, 6.45) is 3.32. The van der Waals surface area contributed by atoms with Crippen molar-refractivity contribution >= 4 is 35.1 Å². The monoisotopic (exact) mass is 450 g/mol. The summed E-state index contributed by atoms with van der Waals surface area (Å²) >= 11 is 0. The van der Waals surface area contributed by atoms with Crippen LogP contribution in [0.3, 0.4) is 0 Å². The van der Waals surface area contributed by atoms with Crippen LogP contribution in [0.2, 0.25) is 0 Å². The number of hydrogen-bond donors (Lipinski definition) is 1. The molecular weight excluding hydrogens is 424 g/mol. The molecule has 8 nitrogen and oxygen atoms in total. The zero-order valence-corrected chi connectivity index (χ0v) is 18.4. The van der Waals surface area contributed by atoms with Gasteiger partial charge in [-0.05, 0) is 50.1 Å². The molecule has 0 spiro atoms. The lowest BCUT2D eigenvalue weighted by molar-refractivity contribution is -0.122. The Morgan fingerprint density at radius 2 is 1.70 bits per heavy atom. The summed E-state index contributed by atoms with van der Waals surface area (Å²) in [7, 11) is 0. The number of ether oxygens (including phenoxy) is 2. The molecule has 2 aromatic rings. The summed E-state index contributed by atoms with van der Waals surface area (Å²) in [6.45, 7) is 1.79. The summed E-state index contributed by atoms with van der Waals surface area (Å²) in [5.41, 5.74) is 0.990. The normalized spacial score (nSPS) is 19.7. The number of benzene rings is 2. The Kier molecular flexibility index (Phi) is 6.72. The van der Waals surface area contributed by atoms with Gasteiger partial charge in [-0.3, -0.25) is 19.3 Å². The maximum Gasteiger partial charge on any atom is 0.338 e. The van der Waals surface area contributed by atoms with E-state index in [4.69, 9.17) is 9.47 Å². The number of para-hydroxylation sites is 2. The molecule has 0 radical (unpaired) electrons. The van der Waals surface area contributed by atoms with Crippen molar-refractivity contribution in [3.63, 3.8) is 0 Å². The Morgan fingerprint density at radius 1 is 1.00 bits per heavy atom. The predicted octanol–water partition coefficient (Wildman–Crippen LogP) is 3.56. The first-order valence-electron chi connectivity index (χ1n) is 11.2. The number of carbonyl (C=O) groups is 4. The molecule has 2 aromatic carbocycles. The average molecular weight is 450 g/mol. The molecular formula is C25H26N2O6. The molecule has 2 fully saturated rings. The Morgan fingerprint density at radius 3 is 2.39 bits per heavy atom. The van der Waals surface area contributed by atoms with Crippen LogP contribution in [0.5, 0.6) is 5.75 Å². The number of anilines is 2. The van der Waals surface area contributed by atoms with Gasteiger partial charge in [0.2, 0.25) is 11.8 Å². The van der Waals surface area contributed by atoms with Crippen molar-refractivity contribution in [3.8, 4) is 5.75 Å². The number of hydrogen-bond acceptors (Lipinski definition) is 6. The fourth-order valence-electron chi connectivity index (χ4n) is 4.44. The summed E-state index contributed by atoms with van der Waals surface area (Å²) in [4.78, 5) is 51.6. The van der Waals surface area contributed by atoms with Crippen molar-refractivity contribution in [2.75, 3.05) is 23.4 Å². The number of imide groups is 1. The second-order valence-electron chi connectivity index (χ2n) is 8.11. The van der Waals surface area contributed by atoms with Gasteiger partial charge in [0, 0.05) is 0 Å². The number of nitrogens with one attached hydrogen (secondary N) is 1. The largest absolute Gasteiger partial charge is 0.492 e. The number of nitrogens with zero attached hydrogens (tertiary/aromatic N) is 1. The summed E-state index contributed by atoms with van der Waals surface area (Å²) in [6, 6.07) is 13.2. The van der Waals surface area contributed by atoms with Gasteiger partial charge in [-0.2, -0.15) is 0 Å². The molecule has 1 saturated heterocycles. The van der Waals surface area contributed by atoms with Crippen molar-refractivity contribution in [2.24, 2.45) is 11.8 Å². The van der Waals surface area contributed by atoms with Gasteiger partial charge in [0.05, 0.1) is 35.4 Å². The maximum atomic E-state index is 12.8. The van der Waals surface area contributed by atoms with Crippen molar-refractivity contribution in [3.05, 3.63) is 54.1 Å². The quantitative estimate of drug-likeness (QED) is 0.511. The highest BCUT2D eigenvalue weighted by atomic mass is 16.5. The molecule has 4 rings (SSSR count). The highest BCUT2D eigenvalue weighted by Gasteiger charge is 2.48. The maximum absolute atomic E-state index is 12.8. The first-order valence-corrected chi connectivity index (χ1v) is 11.2. The molecule has 1 saturated carbocycles. The van der Waals surface area contributed by atoms with Crippen molar-refractivity contribution in [2.45, 2.75) is 32.6 Å². The Labute approximate surface area is 191 Å². The van der Waals surface area contributed by atoms with Crippen LogP contribution in [0, 0.1) is 11.8 Å². The van der Waals surface area contributed by atoms with E-state index in [1.807, 2.05) is 6.92 Å². The lowest BCUT2D eigenvalue weighted by Gasteiger charge is -2.19. The van der Waals surface area contributed by atoms with Gasteiger partial charge in [0.15, 0.2) is 6.61 Å². The van der Waals surface area contributed by atoms with E-state index in [0.717, 1.165) is 25.7 Å². The van der Waals surface area contributed by atoms with E-state index in [2.05, 4.69) is 5.32 Å². The van der Waals surface area contributed by atoms with Gasteiger partial charge in [0.25, 0.3) is 5.91 Å². The SMILES string of the molecule is CCOc1ccccc1NC(=O)COC(=O)c1cccc(N2C(=O)[C@H]3CCCC[C@@H]3C2=O)c1. The van der Waals surface area contributed by atoms with Crippen LogP contribution in [0.25, 0.3) is 0 Å². The first-order chi connectivity index (χ1) is 16.0. The Bertz CT molecular complexity index is 1060. The van der Waals surface area contributed by atoms with Gasteiger partial charge in [-0.15, -0.1) is 0 Å². The second kappa shape index (κ2) is 9.85. The molecule has 2 atom stereocenters. The number of amides is 3. The fraction of sp³-hybridized carbons (Fsp3) is 0.360. The number of esters is 1. The first kappa shape index (κ1) is 22.5. The molecule has 1 aliphatic carbocycles. The summed E-state index contributed by atoms with van der Waals surface area (Å²) in [5.74, 6) is -1.67. The third-order valence-electron chi connectivity index (χ3n) is 5.98. The molecule has 0 bridgehead atoms. The van der Waals surface area contributed by atoms with E-state index in [1.54, 1.807) is 36.4 Å². The summed E-state index contributed by atoms with van der Waals surface area (Å²) < 4.78 is 10.6. The van der Waals surface area contributed by atoms with E-state index in [9.17, 15) is 19.2 Å². The molecule has 172 valence electrons. The molecule has 8 heteroatoms. The minimum Gasteiger partial charge on any atom is -0.492 e. The van der Waals surface area contributed by atoms with Crippen molar-refractivity contribution in [1.29, 1.82) is 0 Å². The number of fused-ring (bicyclic) bond motifs is 1. The zero-order valence-electron chi connectivity index (χ0n) is 18.4. The Balaban J connectivity index is 1.40. The van der Waals surface area contributed by atoms with Crippen molar-refractivity contribution < 1.29 is 28.7 Å². The highest BCUT2D eigenvalue weighted by molar-refractivity contribution is 6.22. The van der Waals surface area contributed by atoms with Crippen LogP contribution in [0.4, 0.5) is 11.4 Å². The van der Waals surface area contributed by atoms with E-state index in [0.29, 0.717) is 23.7 Å². The predicted molar refractivity (Wildman–Crippen MR) is 121 cm³/mol. The zero-order chi connectivity index (χ0) is 23.4. The molecule has 1 N–H and O–H groups in total. The number of rotatable bonds is 7. The van der Waals surface area contributed by atoms with Gasteiger partial charge in [-0.1, -0.05) is 31.0 Å². The van der Waals surface area contributed by atoms with E-state index >= 15 is 0 Å². The smallest absolute Gasteiger partial charge is 0.338 e. The van der Waals surface area contributed by atoms with Crippen LogP contribution in [0.1, 0.15) is 43.0 Å². The average Bonchev–Trinajstić information content (AvgIpc) is 3.09.